The molecule has 0 unspecified atom stereocenters. The molecule has 4 heteroatoms. The van der Waals surface area contributed by atoms with Crippen molar-refractivity contribution in [3.63, 3.8) is 0 Å². The van der Waals surface area contributed by atoms with Gasteiger partial charge in [-0.25, -0.2) is 0 Å². The molecule has 0 bridgehead atoms. The van der Waals surface area contributed by atoms with Crippen molar-refractivity contribution in [2.24, 2.45) is 5.73 Å². The summed E-state index contributed by atoms with van der Waals surface area (Å²) in [6, 6.07) is 5.82. The quantitative estimate of drug-likeness (QED) is 0.773. The van der Waals surface area contributed by atoms with Gasteiger partial charge in [0.05, 0.1) is 0 Å². The van der Waals surface area contributed by atoms with Crippen LogP contribution >= 0.6 is 0 Å². The van der Waals surface area contributed by atoms with Crippen LogP contribution in [0, 0.1) is 0 Å². The maximum absolute atomic E-state index is 11.6. The molecule has 0 radical (unpaired) electrons. The zero-order valence-electron chi connectivity index (χ0n) is 9.72. The van der Waals surface area contributed by atoms with Crippen molar-refractivity contribution in [1.29, 1.82) is 0 Å². The van der Waals surface area contributed by atoms with Crippen LogP contribution in [-0.4, -0.2) is 35.9 Å². The van der Waals surface area contributed by atoms with E-state index in [9.17, 15) is 4.79 Å². The number of likely N-dealkylation sites (N-methyl/N-ethyl adjacent to an activating group) is 1. The highest BCUT2D eigenvalue weighted by Crippen LogP contribution is 1.99. The molecule has 1 aromatic rings. The third kappa shape index (κ3) is 4.40. The van der Waals surface area contributed by atoms with Crippen molar-refractivity contribution in [1.82, 2.24) is 9.88 Å². The third-order valence-corrected chi connectivity index (χ3v) is 2.45. The zero-order chi connectivity index (χ0) is 11.8. The number of nitrogens with zero attached hydrogens (tertiary/aromatic N) is 2. The molecule has 4 nitrogen and oxygen atoms in total. The lowest BCUT2D eigenvalue weighted by atomic mass is 10.2. The van der Waals surface area contributed by atoms with E-state index in [4.69, 9.17) is 5.73 Å². The molecule has 0 aliphatic carbocycles. The van der Waals surface area contributed by atoms with Crippen LogP contribution in [0.15, 0.2) is 24.4 Å². The number of amides is 1. The molecule has 0 spiro atoms. The van der Waals surface area contributed by atoms with E-state index < -0.39 is 0 Å². The van der Waals surface area contributed by atoms with Crippen LogP contribution in [0.3, 0.4) is 0 Å². The van der Waals surface area contributed by atoms with E-state index in [1.165, 1.54) is 0 Å². The van der Waals surface area contributed by atoms with Gasteiger partial charge in [-0.2, -0.15) is 0 Å². The van der Waals surface area contributed by atoms with Gasteiger partial charge in [0.15, 0.2) is 0 Å². The van der Waals surface area contributed by atoms with E-state index in [0.29, 0.717) is 19.5 Å². The Hall–Kier alpha value is -1.42. The molecule has 1 amide bonds. The van der Waals surface area contributed by atoms with Gasteiger partial charge in [0.1, 0.15) is 0 Å². The molecule has 0 fully saturated rings. The minimum atomic E-state index is 0.154. The summed E-state index contributed by atoms with van der Waals surface area (Å²) >= 11 is 0. The largest absolute Gasteiger partial charge is 0.345 e. The number of carbonyl (C=O) groups is 1. The van der Waals surface area contributed by atoms with Gasteiger partial charge >= 0.3 is 0 Å². The van der Waals surface area contributed by atoms with E-state index in [2.05, 4.69) is 4.98 Å². The Labute approximate surface area is 96.5 Å². The summed E-state index contributed by atoms with van der Waals surface area (Å²) < 4.78 is 0. The molecule has 2 N–H and O–H groups in total. The highest BCUT2D eigenvalue weighted by molar-refractivity contribution is 5.75. The van der Waals surface area contributed by atoms with Gasteiger partial charge < -0.3 is 10.6 Å². The molecule has 88 valence electrons. The van der Waals surface area contributed by atoms with E-state index in [1.807, 2.05) is 25.2 Å². The summed E-state index contributed by atoms with van der Waals surface area (Å²) in [5, 5.41) is 0. The molecule has 0 aliphatic heterocycles. The van der Waals surface area contributed by atoms with E-state index in [-0.39, 0.29) is 5.91 Å². The summed E-state index contributed by atoms with van der Waals surface area (Å²) in [6.07, 6.45) is 3.86. The van der Waals surface area contributed by atoms with Crippen LogP contribution in [0.2, 0.25) is 0 Å². The fourth-order valence-electron chi connectivity index (χ4n) is 1.40. The second kappa shape index (κ2) is 6.95. The van der Waals surface area contributed by atoms with Crippen LogP contribution in [0.4, 0.5) is 0 Å². The number of hydrogen-bond donors (Lipinski definition) is 1. The molecular weight excluding hydrogens is 202 g/mol. The monoisotopic (exact) mass is 221 g/mol. The predicted molar refractivity (Wildman–Crippen MR) is 63.9 cm³/mol. The maximum Gasteiger partial charge on any atom is 0.222 e. The lowest BCUT2D eigenvalue weighted by Gasteiger charge is -2.16. The SMILES string of the molecule is CN(CCc1ccccn1)C(=O)CCCN. The Balaban J connectivity index is 2.29. The van der Waals surface area contributed by atoms with E-state index >= 15 is 0 Å². The molecular formula is C12H19N3O. The van der Waals surface area contributed by atoms with Gasteiger partial charge in [0, 0.05) is 38.3 Å². The maximum atomic E-state index is 11.6. The fourth-order valence-corrected chi connectivity index (χ4v) is 1.40. The molecule has 0 saturated heterocycles. The molecule has 16 heavy (non-hydrogen) atoms. The van der Waals surface area contributed by atoms with Gasteiger partial charge in [-0.15, -0.1) is 0 Å². The van der Waals surface area contributed by atoms with Crippen molar-refractivity contribution < 1.29 is 4.79 Å². The number of carbonyl (C=O) groups excluding carboxylic acids is 1. The first-order chi connectivity index (χ1) is 7.74. The van der Waals surface area contributed by atoms with Gasteiger partial charge in [0.2, 0.25) is 5.91 Å². The lowest BCUT2D eigenvalue weighted by Crippen LogP contribution is -2.29. The second-order valence-corrected chi connectivity index (χ2v) is 3.78. The smallest absolute Gasteiger partial charge is 0.222 e. The average Bonchev–Trinajstić information content (AvgIpc) is 2.34. The van der Waals surface area contributed by atoms with Gasteiger partial charge in [-0.1, -0.05) is 6.07 Å². The van der Waals surface area contributed by atoms with Crippen LogP contribution in [0.1, 0.15) is 18.5 Å². The highest BCUT2D eigenvalue weighted by atomic mass is 16.2. The highest BCUT2D eigenvalue weighted by Gasteiger charge is 2.07. The Morgan fingerprint density at radius 3 is 2.94 bits per heavy atom. The summed E-state index contributed by atoms with van der Waals surface area (Å²) in [6.45, 7) is 1.28. The molecule has 1 heterocycles. The summed E-state index contributed by atoms with van der Waals surface area (Å²) in [5.74, 6) is 0.154. The Kier molecular flexibility index (Phi) is 5.50. The van der Waals surface area contributed by atoms with Gasteiger partial charge in [-0.05, 0) is 25.1 Å². The zero-order valence-corrected chi connectivity index (χ0v) is 9.72. The fraction of sp³-hybridized carbons (Fsp3) is 0.500. The van der Waals surface area contributed by atoms with Crippen molar-refractivity contribution in [2.75, 3.05) is 20.1 Å². The Bertz CT molecular complexity index is 313. The number of pyridine rings is 1. The van der Waals surface area contributed by atoms with E-state index in [0.717, 1.165) is 18.5 Å². The predicted octanol–water partition coefficient (Wildman–Crippen LogP) is 0.821. The first-order valence-corrected chi connectivity index (χ1v) is 5.58. The van der Waals surface area contributed by atoms with Crippen LogP contribution in [0.25, 0.3) is 0 Å². The van der Waals surface area contributed by atoms with Crippen molar-refractivity contribution in [2.45, 2.75) is 19.3 Å². The van der Waals surface area contributed by atoms with Gasteiger partial charge in [-0.3, -0.25) is 9.78 Å². The summed E-state index contributed by atoms with van der Waals surface area (Å²) in [7, 11) is 1.82. The third-order valence-electron chi connectivity index (χ3n) is 2.45. The van der Waals surface area contributed by atoms with Crippen molar-refractivity contribution >= 4 is 5.91 Å². The average molecular weight is 221 g/mol. The first kappa shape index (κ1) is 12.6. The van der Waals surface area contributed by atoms with Crippen molar-refractivity contribution in [3.05, 3.63) is 30.1 Å². The molecule has 0 atom stereocenters. The molecule has 0 saturated carbocycles. The topological polar surface area (TPSA) is 59.2 Å². The van der Waals surface area contributed by atoms with Gasteiger partial charge in [0.25, 0.3) is 0 Å². The molecule has 1 rings (SSSR count). The molecule has 1 aromatic heterocycles. The lowest BCUT2D eigenvalue weighted by molar-refractivity contribution is -0.129. The number of hydrogen-bond acceptors (Lipinski definition) is 3. The minimum absolute atomic E-state index is 0.154. The van der Waals surface area contributed by atoms with E-state index in [1.54, 1.807) is 11.1 Å². The summed E-state index contributed by atoms with van der Waals surface area (Å²) in [4.78, 5) is 17.5. The molecule has 0 aliphatic rings. The van der Waals surface area contributed by atoms with Crippen molar-refractivity contribution in [3.8, 4) is 0 Å². The first-order valence-electron chi connectivity index (χ1n) is 5.58. The number of aromatic nitrogens is 1. The van der Waals surface area contributed by atoms with Crippen LogP contribution in [0.5, 0.6) is 0 Å². The minimum Gasteiger partial charge on any atom is -0.345 e. The normalized spacial score (nSPS) is 10.1. The van der Waals surface area contributed by atoms with Crippen LogP contribution in [-0.2, 0) is 11.2 Å². The second-order valence-electron chi connectivity index (χ2n) is 3.78. The number of nitrogens with two attached hydrogens (primary N) is 1. The summed E-state index contributed by atoms with van der Waals surface area (Å²) in [5.41, 5.74) is 6.38. The Morgan fingerprint density at radius 2 is 2.31 bits per heavy atom. The number of rotatable bonds is 6. The Morgan fingerprint density at radius 1 is 1.50 bits per heavy atom. The standard InChI is InChI=1S/C12H19N3O/c1-15(12(16)6-4-8-13)10-7-11-5-2-3-9-14-11/h2-3,5,9H,4,6-8,10,13H2,1H3. The van der Waals surface area contributed by atoms with Crippen LogP contribution < -0.4 is 5.73 Å². The molecule has 0 aromatic carbocycles.